The van der Waals surface area contributed by atoms with Crippen molar-refractivity contribution >= 4 is 45.4 Å². The summed E-state index contributed by atoms with van der Waals surface area (Å²) in [4.78, 5) is 10.3. The molecule has 0 aromatic heterocycles. The zero-order valence-corrected chi connectivity index (χ0v) is 8.97. The zero-order valence-electron chi connectivity index (χ0n) is 5.75. The van der Waals surface area contributed by atoms with Crippen molar-refractivity contribution in [3.8, 4) is 0 Å². The molecule has 0 aliphatic rings. The number of hydrogen-bond donors (Lipinski definition) is 0. The molecule has 0 aliphatic carbocycles. The lowest BCUT2D eigenvalue weighted by Gasteiger charge is -2.01. The summed E-state index contributed by atoms with van der Waals surface area (Å²) in [6.07, 6.45) is -3.41. The Morgan fingerprint density at radius 3 is 2.55 bits per heavy atom. The Kier molecular flexibility index (Phi) is 5.83. The Morgan fingerprint density at radius 2 is 2.18 bits per heavy atom. The lowest BCUT2D eigenvalue weighted by atomic mass is 10.9. The van der Waals surface area contributed by atoms with E-state index in [0.717, 1.165) is 11.8 Å². The predicted octanol–water partition coefficient (Wildman–Crippen LogP) is 2.87. The quantitative estimate of drug-likeness (QED) is 0.557. The van der Waals surface area contributed by atoms with Gasteiger partial charge in [0.2, 0.25) is 0 Å². The van der Waals surface area contributed by atoms with E-state index in [1.165, 1.54) is 6.92 Å². The van der Waals surface area contributed by atoms with Crippen molar-refractivity contribution < 1.29 is 13.9 Å². The summed E-state index contributed by atoms with van der Waals surface area (Å²) in [7, 11) is 0. The van der Waals surface area contributed by atoms with Crippen LogP contribution in [-0.2, 0) is 13.9 Å². The van der Waals surface area contributed by atoms with Crippen molar-refractivity contribution in [1.82, 2.24) is 0 Å². The number of hydrogen-bond acceptors (Lipinski definition) is 4. The fourth-order valence-corrected chi connectivity index (χ4v) is 1.62. The molecule has 11 heavy (non-hydrogen) atoms. The molecule has 0 N–H and O–H groups in total. The van der Waals surface area contributed by atoms with Gasteiger partial charge in [0.05, 0.1) is 6.61 Å². The molecule has 0 aromatic carbocycles. The van der Waals surface area contributed by atoms with E-state index in [-0.39, 0.29) is 11.7 Å². The highest BCUT2D eigenvalue weighted by molar-refractivity contribution is 8.13. The molecule has 0 fully saturated rings. The van der Waals surface area contributed by atoms with Gasteiger partial charge in [-0.15, -0.1) is 0 Å². The SMILES string of the molecule is CC(=O)SCCOP(=O)(Cl)Cl. The summed E-state index contributed by atoms with van der Waals surface area (Å²) < 4.78 is 15.0. The maximum absolute atomic E-state index is 10.5. The molecule has 0 saturated carbocycles. The molecule has 0 saturated heterocycles. The van der Waals surface area contributed by atoms with Gasteiger partial charge in [-0.25, -0.2) is 0 Å². The Bertz CT molecular complexity index is 180. The molecule has 0 unspecified atom stereocenters. The highest BCUT2D eigenvalue weighted by Crippen LogP contribution is 2.57. The van der Waals surface area contributed by atoms with E-state index in [1.807, 2.05) is 0 Å². The van der Waals surface area contributed by atoms with Crippen molar-refractivity contribution in [1.29, 1.82) is 0 Å². The van der Waals surface area contributed by atoms with E-state index < -0.39 is 6.07 Å². The third kappa shape index (κ3) is 10.8. The minimum atomic E-state index is -3.41. The summed E-state index contributed by atoms with van der Waals surface area (Å²) in [5.41, 5.74) is 0. The maximum atomic E-state index is 10.5. The number of thioether (sulfide) groups is 1. The van der Waals surface area contributed by atoms with Crippen LogP contribution in [0.25, 0.3) is 0 Å². The number of carbonyl (C=O) groups excluding carboxylic acids is 1. The second kappa shape index (κ2) is 5.44. The van der Waals surface area contributed by atoms with Crippen LogP contribution in [0.4, 0.5) is 0 Å². The van der Waals surface area contributed by atoms with Gasteiger partial charge in [-0.2, -0.15) is 0 Å². The minimum Gasteiger partial charge on any atom is -0.305 e. The van der Waals surface area contributed by atoms with E-state index in [1.54, 1.807) is 0 Å². The second-order valence-electron chi connectivity index (χ2n) is 1.59. The molecule has 3 nitrogen and oxygen atoms in total. The highest BCUT2D eigenvalue weighted by atomic mass is 35.9. The fourth-order valence-electron chi connectivity index (χ4n) is 0.329. The van der Waals surface area contributed by atoms with Crippen LogP contribution in [0.5, 0.6) is 0 Å². The predicted molar refractivity (Wildman–Crippen MR) is 48.4 cm³/mol. The van der Waals surface area contributed by atoms with Gasteiger partial charge in [0.25, 0.3) is 0 Å². The average molecular weight is 237 g/mol. The van der Waals surface area contributed by atoms with Gasteiger partial charge >= 0.3 is 6.07 Å². The third-order valence-electron chi connectivity index (χ3n) is 0.630. The normalized spacial score (nSPS) is 11.5. The van der Waals surface area contributed by atoms with Gasteiger partial charge in [0.15, 0.2) is 5.12 Å². The molecule has 0 amide bonds. The molecule has 0 rings (SSSR count). The van der Waals surface area contributed by atoms with E-state index in [2.05, 4.69) is 4.52 Å². The highest BCUT2D eigenvalue weighted by Gasteiger charge is 2.13. The first kappa shape index (κ1) is 11.8. The number of halogens is 2. The van der Waals surface area contributed by atoms with Crippen molar-refractivity contribution in [3.05, 3.63) is 0 Å². The average Bonchev–Trinajstić information content (AvgIpc) is 1.78. The maximum Gasteiger partial charge on any atom is 0.380 e. The molecule has 0 bridgehead atoms. The van der Waals surface area contributed by atoms with Crippen molar-refractivity contribution in [2.45, 2.75) is 6.92 Å². The topological polar surface area (TPSA) is 43.4 Å². The smallest absolute Gasteiger partial charge is 0.305 e. The summed E-state index contributed by atoms with van der Waals surface area (Å²) in [5.74, 6) is 0.415. The first-order valence-electron chi connectivity index (χ1n) is 2.69. The zero-order chi connectivity index (χ0) is 8.91. The molecule has 66 valence electrons. The Hall–Kier alpha value is 0.790. The first-order chi connectivity index (χ1) is 4.92. The first-order valence-corrected chi connectivity index (χ1v) is 7.11. The van der Waals surface area contributed by atoms with Crippen LogP contribution in [-0.4, -0.2) is 17.5 Å². The summed E-state index contributed by atoms with van der Waals surface area (Å²) in [6, 6.07) is 0. The van der Waals surface area contributed by atoms with Crippen LogP contribution in [0.15, 0.2) is 0 Å². The molecule has 0 radical (unpaired) electrons. The lowest BCUT2D eigenvalue weighted by molar-refractivity contribution is -0.109. The number of carbonyl (C=O) groups is 1. The second-order valence-corrected chi connectivity index (χ2v) is 7.14. The van der Waals surface area contributed by atoms with Crippen LogP contribution < -0.4 is 0 Å². The standard InChI is InChI=1S/C4H7Cl2O3PS/c1-4(7)11-3-2-9-10(5,6)8/h2-3H2,1H3. The van der Waals surface area contributed by atoms with E-state index in [9.17, 15) is 9.36 Å². The molecule has 0 aromatic rings. The summed E-state index contributed by atoms with van der Waals surface area (Å²) in [5, 5.41) is -0.0208. The molecule has 0 heterocycles. The third-order valence-corrected chi connectivity index (χ3v) is 2.48. The fraction of sp³-hybridized carbons (Fsp3) is 0.750. The minimum absolute atomic E-state index is 0.0208. The van der Waals surface area contributed by atoms with Crippen LogP contribution in [0.3, 0.4) is 0 Å². The molecular formula is C4H7Cl2O3PS. The monoisotopic (exact) mass is 236 g/mol. The number of rotatable bonds is 4. The van der Waals surface area contributed by atoms with Gasteiger partial charge in [0.1, 0.15) is 0 Å². The van der Waals surface area contributed by atoms with Gasteiger partial charge < -0.3 is 4.52 Å². The summed E-state index contributed by atoms with van der Waals surface area (Å²) >= 11 is 11.2. The van der Waals surface area contributed by atoms with Gasteiger partial charge in [-0.05, 0) is 22.5 Å². The largest absolute Gasteiger partial charge is 0.380 e. The van der Waals surface area contributed by atoms with Crippen molar-refractivity contribution in [2.24, 2.45) is 0 Å². The molecule has 0 spiro atoms. The molecule has 0 atom stereocenters. The Labute approximate surface area is 78.8 Å². The summed E-state index contributed by atoms with van der Waals surface area (Å²) in [6.45, 7) is 1.56. The van der Waals surface area contributed by atoms with Gasteiger partial charge in [-0.1, -0.05) is 11.8 Å². The van der Waals surface area contributed by atoms with Crippen LogP contribution in [0.2, 0.25) is 0 Å². The van der Waals surface area contributed by atoms with Gasteiger partial charge in [-0.3, -0.25) is 9.36 Å². The van der Waals surface area contributed by atoms with Crippen LogP contribution >= 0.6 is 40.3 Å². The van der Waals surface area contributed by atoms with Crippen LogP contribution in [0, 0.1) is 0 Å². The molecule has 7 heteroatoms. The Morgan fingerprint density at radius 1 is 1.64 bits per heavy atom. The molecular weight excluding hydrogens is 230 g/mol. The van der Waals surface area contributed by atoms with Crippen molar-refractivity contribution in [2.75, 3.05) is 12.4 Å². The van der Waals surface area contributed by atoms with E-state index in [0.29, 0.717) is 5.75 Å². The van der Waals surface area contributed by atoms with Crippen LogP contribution in [0.1, 0.15) is 6.92 Å². The molecule has 0 aliphatic heterocycles. The van der Waals surface area contributed by atoms with E-state index >= 15 is 0 Å². The van der Waals surface area contributed by atoms with Crippen molar-refractivity contribution in [3.63, 3.8) is 0 Å². The van der Waals surface area contributed by atoms with E-state index in [4.69, 9.17) is 22.5 Å². The van der Waals surface area contributed by atoms with Gasteiger partial charge in [0, 0.05) is 12.7 Å². The lowest BCUT2D eigenvalue weighted by Crippen LogP contribution is -1.93. The Balaban J connectivity index is 3.29.